The summed E-state index contributed by atoms with van der Waals surface area (Å²) in [4.78, 5) is 9.60. The first-order chi connectivity index (χ1) is 12.2. The van der Waals surface area contributed by atoms with Gasteiger partial charge in [-0.25, -0.2) is 0 Å². The summed E-state index contributed by atoms with van der Waals surface area (Å²) in [6.45, 7) is 8.77. The second-order valence-electron chi connectivity index (χ2n) is 7.53. The lowest BCUT2D eigenvalue weighted by atomic mass is 10.1. The fourth-order valence-electron chi connectivity index (χ4n) is 3.64. The van der Waals surface area contributed by atoms with Crippen molar-refractivity contribution in [1.29, 1.82) is 0 Å². The molecule has 1 heterocycles. The highest BCUT2D eigenvalue weighted by Gasteiger charge is 2.21. The molecule has 146 valence electrons. The number of nitrogens with one attached hydrogen (secondary N) is 2. The highest BCUT2D eigenvalue weighted by molar-refractivity contribution is 5.79. The van der Waals surface area contributed by atoms with E-state index in [1.54, 1.807) is 0 Å². The molecule has 2 aliphatic rings. The van der Waals surface area contributed by atoms with Crippen LogP contribution >= 0.6 is 0 Å². The number of likely N-dealkylation sites (N-methyl/N-ethyl adjacent to an activating group) is 2. The smallest absolute Gasteiger partial charge is 0.191 e. The van der Waals surface area contributed by atoms with Crippen molar-refractivity contribution >= 4 is 5.96 Å². The summed E-state index contributed by atoms with van der Waals surface area (Å²) in [5.41, 5.74) is 0. The second-order valence-corrected chi connectivity index (χ2v) is 7.53. The largest absolute Gasteiger partial charge is 0.376 e. The fraction of sp³-hybridized carbons (Fsp3) is 0.947. The van der Waals surface area contributed by atoms with Gasteiger partial charge >= 0.3 is 0 Å². The Morgan fingerprint density at radius 3 is 2.56 bits per heavy atom. The molecule has 1 aliphatic carbocycles. The van der Waals surface area contributed by atoms with Crippen molar-refractivity contribution in [2.24, 2.45) is 4.99 Å². The molecule has 0 amide bonds. The van der Waals surface area contributed by atoms with Gasteiger partial charge in [0.2, 0.25) is 0 Å². The molecule has 0 radical (unpaired) electrons. The molecular weight excluding hydrogens is 314 g/mol. The Labute approximate surface area is 154 Å². The van der Waals surface area contributed by atoms with Crippen LogP contribution in [-0.2, 0) is 4.74 Å². The van der Waals surface area contributed by atoms with Crippen LogP contribution in [0.5, 0.6) is 0 Å². The van der Waals surface area contributed by atoms with Gasteiger partial charge in [-0.1, -0.05) is 25.7 Å². The Hall–Kier alpha value is -0.850. The number of guanidine groups is 1. The van der Waals surface area contributed by atoms with Gasteiger partial charge in [-0.05, 0) is 33.9 Å². The quantitative estimate of drug-likeness (QED) is 0.315. The van der Waals surface area contributed by atoms with E-state index < -0.39 is 0 Å². The Kier molecular flexibility index (Phi) is 9.58. The molecule has 1 unspecified atom stereocenters. The minimum atomic E-state index is 0.468. The number of piperazine rings is 1. The molecule has 1 saturated heterocycles. The molecule has 0 aromatic rings. The minimum absolute atomic E-state index is 0.468. The van der Waals surface area contributed by atoms with Crippen molar-refractivity contribution in [2.45, 2.75) is 57.6 Å². The van der Waals surface area contributed by atoms with Crippen LogP contribution in [0.4, 0.5) is 0 Å². The van der Waals surface area contributed by atoms with E-state index in [-0.39, 0.29) is 0 Å². The average molecular weight is 354 g/mol. The number of rotatable bonds is 7. The highest BCUT2D eigenvalue weighted by Crippen LogP contribution is 2.19. The lowest BCUT2D eigenvalue weighted by Gasteiger charge is -2.36. The number of ether oxygens (including phenoxy) is 1. The van der Waals surface area contributed by atoms with Gasteiger partial charge in [0.15, 0.2) is 5.96 Å². The average Bonchev–Trinajstić information content (AvgIpc) is 2.88. The summed E-state index contributed by atoms with van der Waals surface area (Å²) in [6, 6.07) is 0.497. The van der Waals surface area contributed by atoms with Gasteiger partial charge in [0.25, 0.3) is 0 Å². The van der Waals surface area contributed by atoms with E-state index in [2.05, 4.69) is 41.5 Å². The first-order valence-electron chi connectivity index (χ1n) is 10.2. The molecule has 0 spiro atoms. The van der Waals surface area contributed by atoms with E-state index in [9.17, 15) is 0 Å². The molecule has 6 nitrogen and oxygen atoms in total. The second kappa shape index (κ2) is 11.7. The summed E-state index contributed by atoms with van der Waals surface area (Å²) < 4.78 is 6.06. The summed E-state index contributed by atoms with van der Waals surface area (Å²) in [6.07, 6.45) is 8.33. The maximum Gasteiger partial charge on any atom is 0.191 e. The van der Waals surface area contributed by atoms with Gasteiger partial charge in [-0.3, -0.25) is 9.89 Å². The summed E-state index contributed by atoms with van der Waals surface area (Å²) in [5.74, 6) is 0.911. The minimum Gasteiger partial charge on any atom is -0.376 e. The SMILES string of the molecule is CCNC(=NCC1CN(C)CCN1C)NCCOC1CCCCCC1. The van der Waals surface area contributed by atoms with E-state index in [1.807, 2.05) is 0 Å². The van der Waals surface area contributed by atoms with Crippen LogP contribution in [0.1, 0.15) is 45.4 Å². The molecule has 1 atom stereocenters. The maximum absolute atomic E-state index is 6.06. The molecule has 2 N–H and O–H groups in total. The van der Waals surface area contributed by atoms with E-state index in [4.69, 9.17) is 9.73 Å². The van der Waals surface area contributed by atoms with Crippen molar-refractivity contribution in [3.63, 3.8) is 0 Å². The van der Waals surface area contributed by atoms with Gasteiger partial charge in [0, 0.05) is 38.8 Å². The van der Waals surface area contributed by atoms with Crippen molar-refractivity contribution in [3.8, 4) is 0 Å². The predicted octanol–water partition coefficient (Wildman–Crippen LogP) is 1.53. The molecule has 0 aromatic carbocycles. The molecule has 6 heteroatoms. The molecule has 0 bridgehead atoms. The lowest BCUT2D eigenvalue weighted by molar-refractivity contribution is 0.0468. The third-order valence-electron chi connectivity index (χ3n) is 5.33. The van der Waals surface area contributed by atoms with Gasteiger partial charge < -0.3 is 20.3 Å². The molecule has 2 fully saturated rings. The van der Waals surface area contributed by atoms with E-state index in [0.717, 1.165) is 51.8 Å². The van der Waals surface area contributed by atoms with Crippen LogP contribution < -0.4 is 10.6 Å². The summed E-state index contributed by atoms with van der Waals surface area (Å²) in [7, 11) is 4.39. The zero-order valence-electron chi connectivity index (χ0n) is 16.6. The molecular formula is C19H39N5O. The van der Waals surface area contributed by atoms with Crippen molar-refractivity contribution in [3.05, 3.63) is 0 Å². The van der Waals surface area contributed by atoms with E-state index in [1.165, 1.54) is 38.5 Å². The normalized spacial score (nSPS) is 24.9. The number of aliphatic imine (C=N–C) groups is 1. The van der Waals surface area contributed by atoms with Crippen LogP contribution in [0, 0.1) is 0 Å². The van der Waals surface area contributed by atoms with Crippen LogP contribution in [-0.4, -0.2) is 87.9 Å². The Bertz CT molecular complexity index is 382. The predicted molar refractivity (Wildman–Crippen MR) is 105 cm³/mol. The van der Waals surface area contributed by atoms with Crippen molar-refractivity contribution in [2.75, 3.05) is 60.0 Å². The molecule has 0 aromatic heterocycles. The maximum atomic E-state index is 6.06. The first kappa shape index (κ1) is 20.5. The van der Waals surface area contributed by atoms with Crippen LogP contribution in [0.15, 0.2) is 4.99 Å². The molecule has 2 rings (SSSR count). The number of hydrogen-bond acceptors (Lipinski definition) is 4. The fourth-order valence-corrected chi connectivity index (χ4v) is 3.64. The summed E-state index contributed by atoms with van der Waals surface area (Å²) >= 11 is 0. The summed E-state index contributed by atoms with van der Waals surface area (Å²) in [5, 5.41) is 6.77. The van der Waals surface area contributed by atoms with Crippen LogP contribution in [0.2, 0.25) is 0 Å². The number of nitrogens with zero attached hydrogens (tertiary/aromatic N) is 3. The Morgan fingerprint density at radius 2 is 1.84 bits per heavy atom. The lowest BCUT2D eigenvalue weighted by Crippen LogP contribution is -2.51. The highest BCUT2D eigenvalue weighted by atomic mass is 16.5. The molecule has 1 saturated carbocycles. The van der Waals surface area contributed by atoms with Gasteiger partial charge in [0.1, 0.15) is 0 Å². The van der Waals surface area contributed by atoms with Gasteiger partial charge in [0.05, 0.1) is 19.3 Å². The standard InChI is InChI=1S/C19H39N5O/c1-4-20-19(22-15-17-16-23(2)12-13-24(17)3)21-11-14-25-18-9-7-5-6-8-10-18/h17-18H,4-16H2,1-3H3,(H2,20,21,22). The zero-order valence-corrected chi connectivity index (χ0v) is 16.6. The van der Waals surface area contributed by atoms with E-state index >= 15 is 0 Å². The molecule has 1 aliphatic heterocycles. The van der Waals surface area contributed by atoms with E-state index in [0.29, 0.717) is 12.1 Å². The topological polar surface area (TPSA) is 52.1 Å². The first-order valence-corrected chi connectivity index (χ1v) is 10.2. The van der Waals surface area contributed by atoms with Crippen LogP contribution in [0.25, 0.3) is 0 Å². The van der Waals surface area contributed by atoms with Gasteiger partial charge in [-0.2, -0.15) is 0 Å². The van der Waals surface area contributed by atoms with Crippen molar-refractivity contribution in [1.82, 2.24) is 20.4 Å². The monoisotopic (exact) mass is 353 g/mol. The van der Waals surface area contributed by atoms with Crippen LogP contribution in [0.3, 0.4) is 0 Å². The Morgan fingerprint density at radius 1 is 1.08 bits per heavy atom. The van der Waals surface area contributed by atoms with Gasteiger partial charge in [-0.15, -0.1) is 0 Å². The third kappa shape index (κ3) is 7.92. The molecule has 25 heavy (non-hydrogen) atoms. The Balaban J connectivity index is 1.69. The number of hydrogen-bond donors (Lipinski definition) is 2. The third-order valence-corrected chi connectivity index (χ3v) is 5.33. The van der Waals surface area contributed by atoms with Crippen molar-refractivity contribution < 1.29 is 4.74 Å². The zero-order chi connectivity index (χ0) is 17.9.